The molecule has 6 nitrogen and oxygen atoms in total. The fourth-order valence-electron chi connectivity index (χ4n) is 6.84. The first-order valence-electron chi connectivity index (χ1n) is 13.7. The van der Waals surface area contributed by atoms with Gasteiger partial charge in [0.1, 0.15) is 13.1 Å². The van der Waals surface area contributed by atoms with Crippen LogP contribution in [0.3, 0.4) is 0 Å². The Morgan fingerprint density at radius 1 is 0.944 bits per heavy atom. The Kier molecular flexibility index (Phi) is 6.38. The number of aromatic nitrogens is 2. The summed E-state index contributed by atoms with van der Waals surface area (Å²) in [5, 5.41) is 4.31. The minimum Gasteiger partial charge on any atom is -0.455 e. The van der Waals surface area contributed by atoms with Gasteiger partial charge >= 0.3 is 5.97 Å². The van der Waals surface area contributed by atoms with Gasteiger partial charge < -0.3 is 13.7 Å². The number of ether oxygens (including phenoxy) is 1. The Morgan fingerprint density at radius 3 is 2.31 bits per heavy atom. The molecule has 0 amide bonds. The summed E-state index contributed by atoms with van der Waals surface area (Å²) in [5.74, 6) is 1.76. The van der Waals surface area contributed by atoms with Crippen molar-refractivity contribution in [2.24, 2.45) is 5.92 Å². The molecule has 1 aromatic heterocycles. The SMILES string of the molecule is O=C(O[C@H]1C[N+]2(Cc3noc(-c4ccccc4)n3)CCC1CC2)C1(c2ccccc2)CCCCCC1. The minimum absolute atomic E-state index is 0.00146. The third-order valence-electron chi connectivity index (χ3n) is 8.94. The van der Waals surface area contributed by atoms with E-state index in [0.29, 0.717) is 11.8 Å². The highest BCUT2D eigenvalue weighted by Gasteiger charge is 2.50. The van der Waals surface area contributed by atoms with Gasteiger partial charge in [-0.3, -0.25) is 4.79 Å². The Labute approximate surface area is 213 Å². The van der Waals surface area contributed by atoms with E-state index >= 15 is 0 Å². The number of hydrogen-bond acceptors (Lipinski definition) is 5. The van der Waals surface area contributed by atoms with Crippen LogP contribution < -0.4 is 0 Å². The van der Waals surface area contributed by atoms with E-state index in [0.717, 1.165) is 86.1 Å². The molecule has 1 aliphatic carbocycles. The number of nitrogens with zero attached hydrogens (tertiary/aromatic N) is 3. The quantitative estimate of drug-likeness (QED) is 0.255. The fraction of sp³-hybridized carbons (Fsp3) is 0.500. The summed E-state index contributed by atoms with van der Waals surface area (Å²) >= 11 is 0. The molecule has 188 valence electrons. The lowest BCUT2D eigenvalue weighted by atomic mass is 9.74. The molecule has 0 unspecified atom stereocenters. The molecule has 7 rings (SSSR count). The van der Waals surface area contributed by atoms with Crippen LogP contribution in [-0.2, 0) is 21.5 Å². The van der Waals surface area contributed by atoms with Crippen LogP contribution in [0.15, 0.2) is 65.2 Å². The summed E-state index contributed by atoms with van der Waals surface area (Å²) in [6.07, 6.45) is 8.46. The zero-order valence-electron chi connectivity index (χ0n) is 21.0. The molecule has 2 bridgehead atoms. The summed E-state index contributed by atoms with van der Waals surface area (Å²) in [6.45, 7) is 3.73. The second-order valence-electron chi connectivity index (χ2n) is 11.2. The molecule has 4 aliphatic rings. The van der Waals surface area contributed by atoms with Crippen LogP contribution in [0.25, 0.3) is 11.5 Å². The molecule has 36 heavy (non-hydrogen) atoms. The van der Waals surface area contributed by atoms with Gasteiger partial charge in [0.25, 0.3) is 5.89 Å². The predicted octanol–water partition coefficient (Wildman–Crippen LogP) is 5.68. The highest BCUT2D eigenvalue weighted by Crippen LogP contribution is 2.42. The second-order valence-corrected chi connectivity index (χ2v) is 11.2. The van der Waals surface area contributed by atoms with Gasteiger partial charge in [0.15, 0.2) is 6.10 Å². The molecule has 3 aliphatic heterocycles. The number of rotatable bonds is 6. The fourth-order valence-corrected chi connectivity index (χ4v) is 6.84. The highest BCUT2D eigenvalue weighted by molar-refractivity contribution is 5.83. The molecule has 1 saturated carbocycles. The lowest BCUT2D eigenvalue weighted by Gasteiger charge is -2.51. The number of esters is 1. The molecule has 1 atom stereocenters. The lowest BCUT2D eigenvalue weighted by Crippen LogP contribution is -2.64. The number of carbonyl (C=O) groups is 1. The van der Waals surface area contributed by atoms with E-state index < -0.39 is 5.41 Å². The van der Waals surface area contributed by atoms with Crippen LogP contribution in [0.4, 0.5) is 0 Å². The van der Waals surface area contributed by atoms with Gasteiger partial charge in [-0.15, -0.1) is 0 Å². The maximum Gasteiger partial charge on any atom is 0.317 e. The standard InChI is InChI=1S/C30H36N3O3/c34-29(30(17-9-1-2-10-18-30)25-13-7-4-8-14-25)35-26-21-33(19-15-23(26)16-20-33)22-27-31-28(36-32-27)24-11-5-3-6-12-24/h3-8,11-14,23,26H,1-2,9-10,15-22H2/q+1/t23?,26-,33?/m0/s1. The van der Waals surface area contributed by atoms with E-state index in [9.17, 15) is 4.79 Å². The molecule has 0 N–H and O–H groups in total. The molecular formula is C30H36N3O3+. The van der Waals surface area contributed by atoms with E-state index in [1.807, 2.05) is 36.4 Å². The molecule has 3 aromatic rings. The van der Waals surface area contributed by atoms with Gasteiger partial charge in [-0.05, 0) is 30.5 Å². The predicted molar refractivity (Wildman–Crippen MR) is 137 cm³/mol. The minimum atomic E-state index is -0.507. The average Bonchev–Trinajstić information content (AvgIpc) is 3.23. The first-order valence-corrected chi connectivity index (χ1v) is 13.7. The van der Waals surface area contributed by atoms with Crippen molar-refractivity contribution in [2.75, 3.05) is 19.6 Å². The average molecular weight is 487 g/mol. The third kappa shape index (κ3) is 4.47. The van der Waals surface area contributed by atoms with Crippen LogP contribution >= 0.6 is 0 Å². The Balaban J connectivity index is 1.19. The normalized spacial score (nSPS) is 27.3. The smallest absolute Gasteiger partial charge is 0.317 e. The molecule has 2 aromatic carbocycles. The van der Waals surface area contributed by atoms with E-state index in [2.05, 4.69) is 29.4 Å². The summed E-state index contributed by atoms with van der Waals surface area (Å²) in [6, 6.07) is 20.3. The van der Waals surface area contributed by atoms with E-state index in [-0.39, 0.29) is 12.1 Å². The summed E-state index contributed by atoms with van der Waals surface area (Å²) in [5.41, 5.74) is 1.56. The van der Waals surface area contributed by atoms with Gasteiger partial charge in [-0.2, -0.15) is 4.98 Å². The molecule has 3 saturated heterocycles. The Morgan fingerprint density at radius 2 is 1.61 bits per heavy atom. The monoisotopic (exact) mass is 486 g/mol. The van der Waals surface area contributed by atoms with Crippen LogP contribution in [0.2, 0.25) is 0 Å². The van der Waals surface area contributed by atoms with E-state index in [4.69, 9.17) is 14.2 Å². The van der Waals surface area contributed by atoms with Crippen molar-refractivity contribution in [1.82, 2.24) is 10.1 Å². The van der Waals surface area contributed by atoms with Crippen LogP contribution in [-0.4, -0.2) is 46.3 Å². The van der Waals surface area contributed by atoms with Crippen LogP contribution in [0.1, 0.15) is 62.8 Å². The van der Waals surface area contributed by atoms with Crippen molar-refractivity contribution in [3.05, 3.63) is 72.1 Å². The number of piperidine rings is 3. The maximum atomic E-state index is 14.0. The zero-order valence-corrected chi connectivity index (χ0v) is 21.0. The highest BCUT2D eigenvalue weighted by atomic mass is 16.5. The van der Waals surface area contributed by atoms with Gasteiger partial charge in [0.05, 0.1) is 18.5 Å². The van der Waals surface area contributed by atoms with Crippen molar-refractivity contribution >= 4 is 5.97 Å². The van der Waals surface area contributed by atoms with E-state index in [1.165, 1.54) is 12.8 Å². The largest absolute Gasteiger partial charge is 0.455 e. The van der Waals surface area contributed by atoms with Crippen LogP contribution in [0, 0.1) is 5.92 Å². The number of benzene rings is 2. The number of fused-ring (bicyclic) bond motifs is 3. The molecule has 6 heteroatoms. The van der Waals surface area contributed by atoms with Crippen molar-refractivity contribution in [1.29, 1.82) is 0 Å². The van der Waals surface area contributed by atoms with Gasteiger partial charge in [0, 0.05) is 24.3 Å². The Bertz CT molecular complexity index is 1160. The summed E-state index contributed by atoms with van der Waals surface area (Å²) in [4.78, 5) is 18.7. The molecule has 4 heterocycles. The molecule has 0 radical (unpaired) electrons. The number of quaternary nitrogens is 1. The van der Waals surface area contributed by atoms with Crippen molar-refractivity contribution in [2.45, 2.75) is 69.4 Å². The maximum absolute atomic E-state index is 14.0. The zero-order chi connectivity index (χ0) is 24.4. The number of carbonyl (C=O) groups excluding carboxylic acids is 1. The summed E-state index contributed by atoms with van der Waals surface area (Å²) < 4.78 is 13.0. The van der Waals surface area contributed by atoms with Crippen molar-refractivity contribution < 1.29 is 18.5 Å². The summed E-state index contributed by atoms with van der Waals surface area (Å²) in [7, 11) is 0. The molecule has 0 spiro atoms. The first-order chi connectivity index (χ1) is 17.7. The van der Waals surface area contributed by atoms with Crippen LogP contribution in [0.5, 0.6) is 0 Å². The topological polar surface area (TPSA) is 65.2 Å². The second kappa shape index (κ2) is 9.81. The third-order valence-corrected chi connectivity index (χ3v) is 8.94. The van der Waals surface area contributed by atoms with Crippen molar-refractivity contribution in [3.63, 3.8) is 0 Å². The van der Waals surface area contributed by atoms with Gasteiger partial charge in [-0.1, -0.05) is 79.4 Å². The van der Waals surface area contributed by atoms with Gasteiger partial charge in [-0.25, -0.2) is 0 Å². The molecular weight excluding hydrogens is 450 g/mol. The molecule has 4 fully saturated rings. The van der Waals surface area contributed by atoms with Crippen molar-refractivity contribution in [3.8, 4) is 11.5 Å². The number of hydrogen-bond donors (Lipinski definition) is 0. The van der Waals surface area contributed by atoms with Gasteiger partial charge in [0.2, 0.25) is 5.82 Å². The lowest BCUT2D eigenvalue weighted by molar-refractivity contribution is -0.958. The first kappa shape index (κ1) is 23.4. The van der Waals surface area contributed by atoms with E-state index in [1.54, 1.807) is 0 Å². The Hall–Kier alpha value is -2.99.